The maximum atomic E-state index is 13.8. The molecule has 2 heterocycles. The number of hydrogen-bond donors (Lipinski definition) is 1. The van der Waals surface area contributed by atoms with Crippen LogP contribution < -0.4 is 10.2 Å². The van der Waals surface area contributed by atoms with Crippen molar-refractivity contribution < 1.29 is 19.1 Å². The molecule has 38 heavy (non-hydrogen) atoms. The van der Waals surface area contributed by atoms with Gasteiger partial charge in [0.2, 0.25) is 5.91 Å². The molecule has 0 bridgehead atoms. The van der Waals surface area contributed by atoms with E-state index in [2.05, 4.69) is 17.2 Å². The van der Waals surface area contributed by atoms with Crippen LogP contribution >= 0.6 is 11.3 Å². The zero-order valence-corrected chi connectivity index (χ0v) is 22.6. The number of hydrogen-bond acceptors (Lipinski definition) is 6. The van der Waals surface area contributed by atoms with Gasteiger partial charge >= 0.3 is 5.97 Å². The van der Waals surface area contributed by atoms with Crippen LogP contribution in [0.1, 0.15) is 65.6 Å². The number of rotatable bonds is 8. The summed E-state index contributed by atoms with van der Waals surface area (Å²) in [6, 6.07) is 14.6. The number of benzene rings is 1. The molecule has 2 aromatic heterocycles. The van der Waals surface area contributed by atoms with E-state index < -0.39 is 5.97 Å². The summed E-state index contributed by atoms with van der Waals surface area (Å²) < 4.78 is 5.12. The first-order valence-electron chi connectivity index (χ1n) is 13.3. The van der Waals surface area contributed by atoms with Gasteiger partial charge in [-0.3, -0.25) is 14.6 Å². The molecule has 0 atom stereocenters. The largest absolute Gasteiger partial charge is 0.465 e. The van der Waals surface area contributed by atoms with Crippen LogP contribution in [0.25, 0.3) is 10.4 Å². The number of methoxy groups -OCH3 is 1. The highest BCUT2D eigenvalue weighted by molar-refractivity contribution is 7.18. The van der Waals surface area contributed by atoms with Gasteiger partial charge in [0.05, 0.1) is 12.8 Å². The third kappa shape index (κ3) is 5.96. The van der Waals surface area contributed by atoms with Crippen LogP contribution in [-0.4, -0.2) is 36.4 Å². The molecule has 2 fully saturated rings. The molecular formula is C30H33N3O4S. The zero-order valence-electron chi connectivity index (χ0n) is 21.8. The predicted molar refractivity (Wildman–Crippen MR) is 149 cm³/mol. The van der Waals surface area contributed by atoms with Gasteiger partial charge in [0.1, 0.15) is 10.6 Å². The fourth-order valence-electron chi connectivity index (χ4n) is 4.97. The number of carbonyl (C=O) groups excluding carboxylic acids is 3. The molecule has 2 aliphatic carbocycles. The molecule has 0 spiro atoms. The van der Waals surface area contributed by atoms with Crippen molar-refractivity contribution in [3.05, 3.63) is 65.3 Å². The van der Waals surface area contributed by atoms with Crippen molar-refractivity contribution >= 4 is 40.5 Å². The van der Waals surface area contributed by atoms with E-state index in [4.69, 9.17) is 4.74 Å². The molecule has 0 unspecified atom stereocenters. The summed E-state index contributed by atoms with van der Waals surface area (Å²) in [5.74, 6) is 0.562. The Morgan fingerprint density at radius 2 is 1.76 bits per heavy atom. The Kier molecular flexibility index (Phi) is 7.88. The second-order valence-electron chi connectivity index (χ2n) is 10.4. The molecule has 198 valence electrons. The van der Waals surface area contributed by atoms with Gasteiger partial charge in [0.15, 0.2) is 0 Å². The minimum atomic E-state index is -0.429. The Morgan fingerprint density at radius 1 is 1.03 bits per heavy atom. The average Bonchev–Trinajstić information content (AvgIpc) is 3.67. The van der Waals surface area contributed by atoms with Crippen LogP contribution in [0.15, 0.2) is 54.7 Å². The average molecular weight is 532 g/mol. The summed E-state index contributed by atoms with van der Waals surface area (Å²) in [6.45, 7) is 2.89. The minimum Gasteiger partial charge on any atom is -0.465 e. The minimum absolute atomic E-state index is 0.000737. The van der Waals surface area contributed by atoms with Gasteiger partial charge in [0, 0.05) is 29.2 Å². The molecule has 5 rings (SSSR count). The number of carbonyl (C=O) groups is 3. The Hall–Kier alpha value is -3.52. The molecule has 1 aromatic carbocycles. The lowest BCUT2D eigenvalue weighted by Crippen LogP contribution is -2.39. The normalized spacial score (nSPS) is 19.0. The van der Waals surface area contributed by atoms with Crippen molar-refractivity contribution in [1.82, 2.24) is 4.98 Å². The van der Waals surface area contributed by atoms with E-state index in [1.165, 1.54) is 18.4 Å². The maximum absolute atomic E-state index is 13.8. The standard InChI is InChI=1S/C30H33N3O4S/c1-19-6-10-22(11-7-19)29(35)33(18-20-8-9-20)25-17-26(38-27(25)30(36)37-2)21-12-14-23(15-13-21)32-28(34)24-5-3-4-16-31-24/h3-5,12-17,19-20,22H,6-11,18H2,1-2H3,(H,32,34). The van der Waals surface area contributed by atoms with E-state index in [0.717, 1.165) is 49.0 Å². The van der Waals surface area contributed by atoms with Crippen LogP contribution in [-0.2, 0) is 9.53 Å². The molecule has 2 saturated carbocycles. The van der Waals surface area contributed by atoms with Crippen LogP contribution in [0.3, 0.4) is 0 Å². The van der Waals surface area contributed by atoms with Crippen LogP contribution in [0.2, 0.25) is 0 Å². The summed E-state index contributed by atoms with van der Waals surface area (Å²) in [6.07, 6.45) is 7.74. The Balaban J connectivity index is 1.40. The van der Waals surface area contributed by atoms with E-state index in [1.807, 2.05) is 35.2 Å². The molecular weight excluding hydrogens is 498 g/mol. The van der Waals surface area contributed by atoms with Crippen LogP contribution in [0.5, 0.6) is 0 Å². The number of thiophene rings is 1. The van der Waals surface area contributed by atoms with Crippen molar-refractivity contribution in [3.8, 4) is 10.4 Å². The highest BCUT2D eigenvalue weighted by atomic mass is 32.1. The summed E-state index contributed by atoms with van der Waals surface area (Å²) >= 11 is 1.34. The van der Waals surface area contributed by atoms with E-state index in [1.54, 1.807) is 24.4 Å². The lowest BCUT2D eigenvalue weighted by molar-refractivity contribution is -0.123. The lowest BCUT2D eigenvalue weighted by atomic mass is 9.82. The number of pyridine rings is 1. The number of esters is 1. The maximum Gasteiger partial charge on any atom is 0.350 e. The molecule has 0 radical (unpaired) electrons. The van der Waals surface area contributed by atoms with E-state index in [0.29, 0.717) is 40.3 Å². The topological polar surface area (TPSA) is 88.6 Å². The zero-order chi connectivity index (χ0) is 26.6. The van der Waals surface area contributed by atoms with Gasteiger partial charge in [-0.15, -0.1) is 11.3 Å². The summed E-state index contributed by atoms with van der Waals surface area (Å²) in [5.41, 5.74) is 2.54. The van der Waals surface area contributed by atoms with Gasteiger partial charge in [-0.2, -0.15) is 0 Å². The lowest BCUT2D eigenvalue weighted by Gasteiger charge is -2.31. The number of anilines is 2. The molecule has 7 nitrogen and oxygen atoms in total. The van der Waals surface area contributed by atoms with E-state index in [-0.39, 0.29) is 17.7 Å². The van der Waals surface area contributed by atoms with Gasteiger partial charge in [0.25, 0.3) is 5.91 Å². The van der Waals surface area contributed by atoms with E-state index in [9.17, 15) is 14.4 Å². The summed E-state index contributed by atoms with van der Waals surface area (Å²) in [7, 11) is 1.38. The Labute approximate surface area is 227 Å². The van der Waals surface area contributed by atoms with Crippen molar-refractivity contribution in [1.29, 1.82) is 0 Å². The quantitative estimate of drug-likeness (QED) is 0.339. The third-order valence-corrected chi connectivity index (χ3v) is 8.62. The third-order valence-electron chi connectivity index (χ3n) is 7.47. The Morgan fingerprint density at radius 3 is 2.39 bits per heavy atom. The molecule has 2 amide bonds. The van der Waals surface area contributed by atoms with Crippen LogP contribution in [0.4, 0.5) is 11.4 Å². The first-order valence-corrected chi connectivity index (χ1v) is 14.1. The fourth-order valence-corrected chi connectivity index (χ4v) is 6.05. The number of nitrogens with one attached hydrogen (secondary N) is 1. The monoisotopic (exact) mass is 531 g/mol. The number of nitrogens with zero attached hydrogens (tertiary/aromatic N) is 2. The molecule has 2 aliphatic rings. The Bertz CT molecular complexity index is 1290. The summed E-state index contributed by atoms with van der Waals surface area (Å²) in [5, 5.41) is 2.86. The van der Waals surface area contributed by atoms with Gasteiger partial charge in [-0.05, 0) is 86.3 Å². The van der Waals surface area contributed by atoms with Gasteiger partial charge in [-0.1, -0.05) is 25.1 Å². The molecule has 0 aliphatic heterocycles. The van der Waals surface area contributed by atoms with Crippen molar-refractivity contribution in [2.45, 2.75) is 45.4 Å². The predicted octanol–water partition coefficient (Wildman–Crippen LogP) is 6.42. The molecule has 8 heteroatoms. The second kappa shape index (κ2) is 11.5. The van der Waals surface area contributed by atoms with E-state index >= 15 is 0 Å². The molecule has 1 N–H and O–H groups in total. The molecule has 3 aromatic rings. The van der Waals surface area contributed by atoms with Crippen molar-refractivity contribution in [3.63, 3.8) is 0 Å². The number of ether oxygens (including phenoxy) is 1. The first kappa shape index (κ1) is 26.1. The fraction of sp³-hybridized carbons (Fsp3) is 0.400. The molecule has 0 saturated heterocycles. The van der Waals surface area contributed by atoms with Crippen molar-refractivity contribution in [2.75, 3.05) is 23.9 Å². The summed E-state index contributed by atoms with van der Waals surface area (Å²) in [4.78, 5) is 46.3. The highest BCUT2D eigenvalue weighted by Gasteiger charge is 2.35. The highest BCUT2D eigenvalue weighted by Crippen LogP contribution is 2.41. The number of amides is 2. The first-order chi connectivity index (χ1) is 18.4. The number of aromatic nitrogens is 1. The SMILES string of the molecule is COC(=O)c1sc(-c2ccc(NC(=O)c3ccccn3)cc2)cc1N(CC1CC1)C(=O)C1CCC(C)CC1. The van der Waals surface area contributed by atoms with Gasteiger partial charge < -0.3 is 15.0 Å². The second-order valence-corrected chi connectivity index (χ2v) is 11.5. The van der Waals surface area contributed by atoms with Crippen molar-refractivity contribution in [2.24, 2.45) is 17.8 Å². The smallest absolute Gasteiger partial charge is 0.350 e. The van der Waals surface area contributed by atoms with Gasteiger partial charge in [-0.25, -0.2) is 4.79 Å². The van der Waals surface area contributed by atoms with Crippen LogP contribution in [0, 0.1) is 17.8 Å².